The van der Waals surface area contributed by atoms with Crippen molar-refractivity contribution in [3.05, 3.63) is 83.7 Å². The number of nitrogens with two attached hydrogens (primary N) is 1. The minimum absolute atomic E-state index is 0.0129. The minimum Gasteiger partial charge on any atom is -0.396 e. The van der Waals surface area contributed by atoms with Gasteiger partial charge in [0.25, 0.3) is 0 Å². The molecule has 2 aromatic carbocycles. The van der Waals surface area contributed by atoms with Crippen LogP contribution in [0.5, 0.6) is 0 Å². The third kappa shape index (κ3) is 5.93. The summed E-state index contributed by atoms with van der Waals surface area (Å²) in [5, 5.41) is 15.3. The molecule has 7 nitrogen and oxygen atoms in total. The second kappa shape index (κ2) is 11.5. The molecule has 0 saturated heterocycles. The third-order valence-electron chi connectivity index (χ3n) is 5.81. The Labute approximate surface area is 216 Å². The van der Waals surface area contributed by atoms with Crippen molar-refractivity contribution in [1.29, 1.82) is 5.41 Å². The van der Waals surface area contributed by atoms with Gasteiger partial charge < -0.3 is 11.1 Å². The number of nitrogens with zero attached hydrogens (tertiary/aromatic N) is 2. The maximum atomic E-state index is 15.4. The van der Waals surface area contributed by atoms with Gasteiger partial charge in [-0.15, -0.1) is 0 Å². The molecule has 196 valence electrons. The number of hydrogen-bond donors (Lipinski definition) is 4. The molecule has 11 heteroatoms. The molecule has 2 atom stereocenters. The molecule has 0 aliphatic rings. The standard InChI is InChI=1S/C26H29F3N6OS/c1-6-14(2)11-12-32-16(4)25(30)18-8-7-17(23(28)26(18)31)22-19(27)9-10-20(24(22)29)34-37(36)21-13-35(5)33-15(21)3/h7-14,30,32,34H,4,6,31H2,1-3,5H3/b12-11-,30-25?. The van der Waals surface area contributed by atoms with E-state index in [2.05, 4.69) is 21.7 Å². The van der Waals surface area contributed by atoms with E-state index >= 15 is 8.78 Å². The lowest BCUT2D eigenvalue weighted by Crippen LogP contribution is -2.17. The van der Waals surface area contributed by atoms with E-state index in [1.54, 1.807) is 20.2 Å². The van der Waals surface area contributed by atoms with Gasteiger partial charge in [0.2, 0.25) is 0 Å². The fraction of sp³-hybridized carbons (Fsp3) is 0.231. The maximum absolute atomic E-state index is 15.4. The van der Waals surface area contributed by atoms with Crippen LogP contribution < -0.4 is 15.8 Å². The summed E-state index contributed by atoms with van der Waals surface area (Å²) >= 11 is 0. The maximum Gasteiger partial charge on any atom is 0.158 e. The molecule has 1 aromatic heterocycles. The molecule has 0 amide bonds. The van der Waals surface area contributed by atoms with Crippen molar-refractivity contribution >= 4 is 28.1 Å². The van der Waals surface area contributed by atoms with Crippen LogP contribution in [0.25, 0.3) is 11.1 Å². The molecule has 0 aliphatic carbocycles. The first-order valence-electron chi connectivity index (χ1n) is 11.4. The molecular formula is C26H29F3N6OS. The first kappa shape index (κ1) is 27.7. The van der Waals surface area contributed by atoms with Crippen molar-refractivity contribution in [2.24, 2.45) is 13.0 Å². The van der Waals surface area contributed by atoms with Crippen molar-refractivity contribution in [2.75, 3.05) is 10.5 Å². The van der Waals surface area contributed by atoms with Gasteiger partial charge >= 0.3 is 0 Å². The number of allylic oxidation sites excluding steroid dienone is 2. The summed E-state index contributed by atoms with van der Waals surface area (Å²) in [7, 11) is -0.254. The summed E-state index contributed by atoms with van der Waals surface area (Å²) in [4.78, 5) is 0.318. The Kier molecular flexibility index (Phi) is 8.59. The van der Waals surface area contributed by atoms with Crippen molar-refractivity contribution in [3.8, 4) is 11.1 Å². The van der Waals surface area contributed by atoms with E-state index in [0.29, 0.717) is 16.5 Å². The zero-order valence-electron chi connectivity index (χ0n) is 21.0. The van der Waals surface area contributed by atoms with Crippen LogP contribution in [0.3, 0.4) is 0 Å². The van der Waals surface area contributed by atoms with Crippen LogP contribution in [0, 0.1) is 35.7 Å². The summed E-state index contributed by atoms with van der Waals surface area (Å²) in [6.07, 6.45) is 6.00. The van der Waals surface area contributed by atoms with Crippen LogP contribution in [0.1, 0.15) is 31.5 Å². The number of nitrogens with one attached hydrogen (secondary N) is 3. The second-order valence-corrected chi connectivity index (χ2v) is 9.72. The summed E-state index contributed by atoms with van der Waals surface area (Å²) < 4.78 is 62.1. The largest absolute Gasteiger partial charge is 0.396 e. The molecule has 5 N–H and O–H groups in total. The zero-order valence-corrected chi connectivity index (χ0v) is 21.8. The van der Waals surface area contributed by atoms with Crippen molar-refractivity contribution in [2.45, 2.75) is 32.1 Å². The fourth-order valence-corrected chi connectivity index (χ4v) is 4.51. The zero-order chi connectivity index (χ0) is 27.4. The predicted molar refractivity (Wildman–Crippen MR) is 142 cm³/mol. The molecule has 2 unspecified atom stereocenters. The Morgan fingerprint density at radius 3 is 2.59 bits per heavy atom. The van der Waals surface area contributed by atoms with E-state index in [9.17, 15) is 8.60 Å². The summed E-state index contributed by atoms with van der Waals surface area (Å²) in [6, 6.07) is 4.46. The highest BCUT2D eigenvalue weighted by Gasteiger charge is 2.24. The molecule has 37 heavy (non-hydrogen) atoms. The monoisotopic (exact) mass is 530 g/mol. The highest BCUT2D eigenvalue weighted by Crippen LogP contribution is 2.36. The van der Waals surface area contributed by atoms with Crippen LogP contribution in [0.15, 0.2) is 59.9 Å². The van der Waals surface area contributed by atoms with Gasteiger partial charge in [-0.3, -0.25) is 14.8 Å². The van der Waals surface area contributed by atoms with E-state index in [0.717, 1.165) is 24.6 Å². The molecule has 0 saturated carbocycles. The molecule has 0 spiro atoms. The van der Waals surface area contributed by atoms with Gasteiger partial charge in [0.05, 0.1) is 34.0 Å². The Bertz CT molecular complexity index is 1420. The average molecular weight is 531 g/mol. The van der Waals surface area contributed by atoms with Gasteiger partial charge in [0.15, 0.2) is 22.6 Å². The number of benzene rings is 2. The second-order valence-electron chi connectivity index (χ2n) is 8.54. The molecule has 0 radical (unpaired) electrons. The van der Waals surface area contributed by atoms with Crippen LogP contribution in [-0.2, 0) is 18.0 Å². The van der Waals surface area contributed by atoms with E-state index in [-0.39, 0.29) is 22.7 Å². The normalized spacial score (nSPS) is 12.9. The summed E-state index contributed by atoms with van der Waals surface area (Å²) in [5.41, 5.74) is 4.57. The minimum atomic E-state index is -1.90. The van der Waals surface area contributed by atoms with Gasteiger partial charge in [-0.2, -0.15) is 5.10 Å². The van der Waals surface area contributed by atoms with Crippen molar-refractivity contribution in [1.82, 2.24) is 15.1 Å². The lowest BCUT2D eigenvalue weighted by Gasteiger charge is -2.16. The number of hydrogen-bond acceptors (Lipinski definition) is 5. The average Bonchev–Trinajstić information content (AvgIpc) is 3.20. The molecule has 0 bridgehead atoms. The van der Waals surface area contributed by atoms with Crippen LogP contribution in [0.2, 0.25) is 0 Å². The molecule has 0 aliphatic heterocycles. The number of anilines is 2. The third-order valence-corrected chi connectivity index (χ3v) is 7.01. The van der Waals surface area contributed by atoms with E-state index in [4.69, 9.17) is 11.1 Å². The van der Waals surface area contributed by atoms with Crippen LogP contribution in [0.4, 0.5) is 24.5 Å². The van der Waals surface area contributed by atoms with Crippen molar-refractivity contribution < 1.29 is 17.4 Å². The highest BCUT2D eigenvalue weighted by molar-refractivity contribution is 7.86. The van der Waals surface area contributed by atoms with Gasteiger partial charge in [0, 0.05) is 24.4 Å². The number of rotatable bonds is 10. The Hall–Kier alpha value is -3.86. The van der Waals surface area contributed by atoms with Crippen LogP contribution in [-0.4, -0.2) is 19.7 Å². The molecule has 3 aromatic rings. The summed E-state index contributed by atoms with van der Waals surface area (Å²) in [6.45, 7) is 9.48. The number of halogens is 3. The Morgan fingerprint density at radius 2 is 1.97 bits per heavy atom. The van der Waals surface area contributed by atoms with Gasteiger partial charge in [-0.25, -0.2) is 17.4 Å². The number of nitrogen functional groups attached to an aromatic ring is 1. The number of aromatic nitrogens is 2. The SMILES string of the molecule is C=C(N/C=C\C(C)CC)C(=N)c1ccc(-c2c(F)ccc(NS(=O)c3cn(C)nc3C)c2F)c(F)c1N. The van der Waals surface area contributed by atoms with Crippen LogP contribution >= 0.6 is 0 Å². The first-order valence-corrected chi connectivity index (χ1v) is 12.6. The first-order chi connectivity index (χ1) is 17.5. The van der Waals surface area contributed by atoms with Crippen molar-refractivity contribution in [3.63, 3.8) is 0 Å². The molecule has 1 heterocycles. The smallest absolute Gasteiger partial charge is 0.158 e. The van der Waals surface area contributed by atoms with E-state index in [1.807, 2.05) is 19.9 Å². The molecule has 3 rings (SSSR count). The Balaban J connectivity index is 1.93. The van der Waals surface area contributed by atoms with Gasteiger partial charge in [-0.1, -0.05) is 39.0 Å². The van der Waals surface area contributed by atoms with Gasteiger partial charge in [0.1, 0.15) is 10.7 Å². The topological polar surface area (TPSA) is 109 Å². The van der Waals surface area contributed by atoms with E-state index in [1.165, 1.54) is 16.9 Å². The van der Waals surface area contributed by atoms with E-state index < -0.39 is 45.3 Å². The molecular weight excluding hydrogens is 501 g/mol. The quantitative estimate of drug-likeness (QED) is 0.203. The lowest BCUT2D eigenvalue weighted by atomic mass is 9.97. The predicted octanol–water partition coefficient (Wildman–Crippen LogP) is 5.56. The summed E-state index contributed by atoms with van der Waals surface area (Å²) in [5.74, 6) is -2.95. The van der Waals surface area contributed by atoms with Gasteiger partial charge in [-0.05, 0) is 37.2 Å². The lowest BCUT2D eigenvalue weighted by molar-refractivity contribution is 0.585. The molecule has 0 fully saturated rings. The number of aryl methyl sites for hydroxylation is 2. The Morgan fingerprint density at radius 1 is 1.27 bits per heavy atom. The highest BCUT2D eigenvalue weighted by atomic mass is 32.2. The fourth-order valence-electron chi connectivity index (χ4n) is 3.48.